The van der Waals surface area contributed by atoms with Crippen molar-refractivity contribution in [1.29, 1.82) is 0 Å². The van der Waals surface area contributed by atoms with Gasteiger partial charge in [0, 0.05) is 17.1 Å². The number of hydrogen-bond acceptors (Lipinski definition) is 3. The minimum atomic E-state index is -0.317. The van der Waals surface area contributed by atoms with Gasteiger partial charge in [0.15, 0.2) is 5.76 Å². The third-order valence-corrected chi connectivity index (χ3v) is 4.71. The van der Waals surface area contributed by atoms with Gasteiger partial charge in [-0.3, -0.25) is 9.69 Å². The number of rotatable bonds is 4. The fourth-order valence-electron chi connectivity index (χ4n) is 3.20. The molecule has 2 heterocycles. The lowest BCUT2D eigenvalue weighted by Gasteiger charge is -2.21. The smallest absolute Gasteiger partial charge is 0.295 e. The molecule has 1 amide bonds. The Morgan fingerprint density at radius 3 is 2.57 bits per heavy atom. The highest BCUT2D eigenvalue weighted by Gasteiger charge is 2.25. The van der Waals surface area contributed by atoms with Crippen LogP contribution in [0.1, 0.15) is 27.2 Å². The van der Waals surface area contributed by atoms with Gasteiger partial charge in [-0.1, -0.05) is 30.3 Å². The Kier molecular flexibility index (Phi) is 4.65. The molecule has 4 nitrogen and oxygen atoms in total. The Morgan fingerprint density at radius 1 is 1.07 bits per heavy atom. The van der Waals surface area contributed by atoms with E-state index < -0.39 is 0 Å². The maximum Gasteiger partial charge on any atom is 0.295 e. The standard InChI is InChI=1S/C23H19FN2O2/c1-15-6-11-19-16(2)22(28-20(19)13-15)23(27)26(21-5-3-4-12-25-21)14-17-7-9-18(24)10-8-17/h3-13H,14H2,1-2H3. The molecule has 4 rings (SSSR count). The van der Waals surface area contributed by atoms with Gasteiger partial charge in [-0.05, 0) is 55.3 Å². The van der Waals surface area contributed by atoms with Crippen LogP contribution in [0, 0.1) is 19.7 Å². The van der Waals surface area contributed by atoms with Crippen molar-refractivity contribution < 1.29 is 13.6 Å². The van der Waals surface area contributed by atoms with Crippen LogP contribution < -0.4 is 4.90 Å². The molecular weight excluding hydrogens is 355 g/mol. The van der Waals surface area contributed by atoms with Gasteiger partial charge in [-0.25, -0.2) is 9.37 Å². The van der Waals surface area contributed by atoms with Crippen molar-refractivity contribution >= 4 is 22.7 Å². The minimum Gasteiger partial charge on any atom is -0.451 e. The van der Waals surface area contributed by atoms with E-state index in [2.05, 4.69) is 4.98 Å². The number of nitrogens with zero attached hydrogens (tertiary/aromatic N) is 2. The van der Waals surface area contributed by atoms with Crippen LogP contribution in [0.5, 0.6) is 0 Å². The molecule has 0 radical (unpaired) electrons. The summed E-state index contributed by atoms with van der Waals surface area (Å²) in [5.74, 6) is 0.193. The number of carbonyl (C=O) groups excluding carboxylic acids is 1. The number of carbonyl (C=O) groups is 1. The monoisotopic (exact) mass is 374 g/mol. The summed E-state index contributed by atoms with van der Waals surface area (Å²) < 4.78 is 19.2. The second-order valence-electron chi connectivity index (χ2n) is 6.76. The molecule has 0 bridgehead atoms. The maximum absolute atomic E-state index is 13.4. The van der Waals surface area contributed by atoms with Crippen molar-refractivity contribution in [2.45, 2.75) is 20.4 Å². The summed E-state index contributed by atoms with van der Waals surface area (Å²) in [6, 6.07) is 17.3. The molecule has 0 saturated heterocycles. The molecule has 140 valence electrons. The van der Waals surface area contributed by atoms with E-state index >= 15 is 0 Å². The SMILES string of the molecule is Cc1ccc2c(C)c(C(=O)N(Cc3ccc(F)cc3)c3ccccn3)oc2c1. The van der Waals surface area contributed by atoms with E-state index in [1.54, 1.807) is 35.4 Å². The van der Waals surface area contributed by atoms with Crippen LogP contribution in [-0.4, -0.2) is 10.9 Å². The van der Waals surface area contributed by atoms with Crippen molar-refractivity contribution in [3.8, 4) is 0 Å². The molecular formula is C23H19FN2O2. The van der Waals surface area contributed by atoms with Gasteiger partial charge in [0.1, 0.15) is 17.2 Å². The fourth-order valence-corrected chi connectivity index (χ4v) is 3.20. The minimum absolute atomic E-state index is 0.256. The van der Waals surface area contributed by atoms with Crippen LogP contribution in [0.15, 0.2) is 71.3 Å². The molecule has 2 aromatic heterocycles. The Labute approximate surface area is 162 Å². The number of aromatic nitrogens is 1. The van der Waals surface area contributed by atoms with E-state index in [1.807, 2.05) is 38.1 Å². The highest BCUT2D eigenvalue weighted by atomic mass is 19.1. The quantitative estimate of drug-likeness (QED) is 0.478. The van der Waals surface area contributed by atoms with Crippen LogP contribution in [0.4, 0.5) is 10.2 Å². The topological polar surface area (TPSA) is 46.3 Å². The number of amides is 1. The van der Waals surface area contributed by atoms with Crippen molar-refractivity contribution in [3.63, 3.8) is 0 Å². The third-order valence-electron chi connectivity index (χ3n) is 4.71. The lowest BCUT2D eigenvalue weighted by molar-refractivity contribution is 0.0959. The van der Waals surface area contributed by atoms with E-state index in [9.17, 15) is 9.18 Å². The van der Waals surface area contributed by atoms with Crippen LogP contribution in [0.3, 0.4) is 0 Å². The summed E-state index contributed by atoms with van der Waals surface area (Å²) in [5, 5.41) is 0.914. The molecule has 0 atom stereocenters. The van der Waals surface area contributed by atoms with Gasteiger partial charge < -0.3 is 4.42 Å². The number of anilines is 1. The molecule has 0 N–H and O–H groups in total. The predicted molar refractivity (Wildman–Crippen MR) is 107 cm³/mol. The van der Waals surface area contributed by atoms with E-state index in [4.69, 9.17) is 4.42 Å². The fraction of sp³-hybridized carbons (Fsp3) is 0.130. The Balaban J connectivity index is 1.76. The first-order chi connectivity index (χ1) is 13.5. The zero-order valence-electron chi connectivity index (χ0n) is 15.6. The maximum atomic E-state index is 13.4. The van der Waals surface area contributed by atoms with E-state index in [0.717, 1.165) is 22.1 Å². The Bertz CT molecular complexity index is 1130. The van der Waals surface area contributed by atoms with Crippen LogP contribution >= 0.6 is 0 Å². The van der Waals surface area contributed by atoms with Gasteiger partial charge in [0.2, 0.25) is 0 Å². The molecule has 0 aliphatic heterocycles. The molecule has 0 unspecified atom stereocenters. The van der Waals surface area contributed by atoms with Crippen LogP contribution in [-0.2, 0) is 6.54 Å². The van der Waals surface area contributed by atoms with Gasteiger partial charge in [-0.15, -0.1) is 0 Å². The number of benzene rings is 2. The lowest BCUT2D eigenvalue weighted by Crippen LogP contribution is -2.31. The summed E-state index contributed by atoms with van der Waals surface area (Å²) in [5.41, 5.74) is 3.33. The number of aryl methyl sites for hydroxylation is 2. The zero-order valence-corrected chi connectivity index (χ0v) is 15.6. The van der Waals surface area contributed by atoms with E-state index in [-0.39, 0.29) is 24.0 Å². The van der Waals surface area contributed by atoms with Crippen molar-refractivity contribution in [3.05, 3.63) is 95.1 Å². The van der Waals surface area contributed by atoms with E-state index in [0.29, 0.717) is 11.4 Å². The third kappa shape index (κ3) is 3.39. The highest BCUT2D eigenvalue weighted by Crippen LogP contribution is 2.28. The average molecular weight is 374 g/mol. The van der Waals surface area contributed by atoms with Crippen LogP contribution in [0.25, 0.3) is 11.0 Å². The summed E-state index contributed by atoms with van der Waals surface area (Å²) >= 11 is 0. The van der Waals surface area contributed by atoms with Crippen molar-refractivity contribution in [2.75, 3.05) is 4.90 Å². The largest absolute Gasteiger partial charge is 0.451 e. The first kappa shape index (κ1) is 17.9. The number of pyridine rings is 1. The Hall–Kier alpha value is -3.47. The molecule has 0 aliphatic carbocycles. The van der Waals surface area contributed by atoms with Gasteiger partial charge in [0.25, 0.3) is 5.91 Å². The molecule has 2 aromatic carbocycles. The molecule has 0 aliphatic rings. The Morgan fingerprint density at radius 2 is 1.86 bits per heavy atom. The summed E-state index contributed by atoms with van der Waals surface area (Å²) in [6.07, 6.45) is 1.63. The first-order valence-electron chi connectivity index (χ1n) is 9.00. The predicted octanol–water partition coefficient (Wildman–Crippen LogP) is 5.43. The van der Waals surface area contributed by atoms with E-state index in [1.165, 1.54) is 12.1 Å². The summed E-state index contributed by atoms with van der Waals surface area (Å²) in [6.45, 7) is 4.11. The normalized spacial score (nSPS) is 11.0. The number of hydrogen-bond donors (Lipinski definition) is 0. The molecule has 28 heavy (non-hydrogen) atoms. The number of fused-ring (bicyclic) bond motifs is 1. The zero-order chi connectivity index (χ0) is 19.7. The number of furan rings is 1. The second kappa shape index (κ2) is 7.27. The molecule has 0 saturated carbocycles. The second-order valence-corrected chi connectivity index (χ2v) is 6.76. The molecule has 4 aromatic rings. The van der Waals surface area contributed by atoms with Gasteiger partial charge >= 0.3 is 0 Å². The average Bonchev–Trinajstić information content (AvgIpc) is 3.03. The highest BCUT2D eigenvalue weighted by molar-refractivity contribution is 6.07. The summed E-state index contributed by atoms with van der Waals surface area (Å²) in [4.78, 5) is 19.3. The molecule has 5 heteroatoms. The lowest BCUT2D eigenvalue weighted by atomic mass is 10.1. The first-order valence-corrected chi connectivity index (χ1v) is 9.00. The number of halogens is 1. The molecule has 0 fully saturated rings. The van der Waals surface area contributed by atoms with Gasteiger partial charge in [-0.2, -0.15) is 0 Å². The van der Waals surface area contributed by atoms with Crippen LogP contribution in [0.2, 0.25) is 0 Å². The van der Waals surface area contributed by atoms with Crippen molar-refractivity contribution in [1.82, 2.24) is 4.98 Å². The van der Waals surface area contributed by atoms with Crippen molar-refractivity contribution in [2.24, 2.45) is 0 Å². The van der Waals surface area contributed by atoms with Gasteiger partial charge in [0.05, 0.1) is 6.54 Å². The molecule has 0 spiro atoms. The summed E-state index contributed by atoms with van der Waals surface area (Å²) in [7, 11) is 0.